The molecule has 24 heavy (non-hydrogen) atoms. The predicted molar refractivity (Wildman–Crippen MR) is 97.8 cm³/mol. The number of carbonyl (C=O) groups excluding carboxylic acids is 1. The topological polar surface area (TPSA) is 64.9 Å². The number of thioether (sulfide) groups is 1. The van der Waals surface area contributed by atoms with Gasteiger partial charge < -0.3 is 10.4 Å². The molecule has 3 rings (SSSR count). The molecule has 0 aliphatic carbocycles. The van der Waals surface area contributed by atoms with Crippen molar-refractivity contribution in [3.8, 4) is 0 Å². The summed E-state index contributed by atoms with van der Waals surface area (Å²) < 4.78 is 0. The van der Waals surface area contributed by atoms with E-state index in [-0.39, 0.29) is 12.6 Å². The lowest BCUT2D eigenvalue weighted by Crippen LogP contribution is -2.43. The van der Waals surface area contributed by atoms with Gasteiger partial charge in [-0.3, -0.25) is 0 Å². The average molecular weight is 341 g/mol. The van der Waals surface area contributed by atoms with Gasteiger partial charge >= 0.3 is 6.03 Å². The molecular weight excluding hydrogens is 322 g/mol. The number of benzene rings is 2. The van der Waals surface area contributed by atoms with E-state index >= 15 is 0 Å². The molecule has 0 aromatic heterocycles. The number of hydrazone groups is 1. The zero-order valence-electron chi connectivity index (χ0n) is 13.1. The zero-order chi connectivity index (χ0) is 16.8. The summed E-state index contributed by atoms with van der Waals surface area (Å²) in [5.41, 5.74) is 3.40. The van der Waals surface area contributed by atoms with Gasteiger partial charge in [0.1, 0.15) is 4.87 Å². The Hall–Kier alpha value is -2.31. The van der Waals surface area contributed by atoms with Crippen LogP contribution in [-0.4, -0.2) is 28.3 Å². The van der Waals surface area contributed by atoms with Crippen LogP contribution in [-0.2, 0) is 4.87 Å². The van der Waals surface area contributed by atoms with Gasteiger partial charge in [0.2, 0.25) is 0 Å². The summed E-state index contributed by atoms with van der Waals surface area (Å²) in [4.78, 5) is 12.2. The summed E-state index contributed by atoms with van der Waals surface area (Å²) in [7, 11) is 0. The van der Waals surface area contributed by atoms with E-state index in [1.165, 1.54) is 16.8 Å². The highest BCUT2D eigenvalue weighted by Crippen LogP contribution is 2.46. The van der Waals surface area contributed by atoms with Crippen LogP contribution in [0.25, 0.3) is 0 Å². The van der Waals surface area contributed by atoms with Gasteiger partial charge in [0.25, 0.3) is 0 Å². The van der Waals surface area contributed by atoms with Gasteiger partial charge in [0.05, 0.1) is 5.55 Å². The highest BCUT2D eigenvalue weighted by Gasteiger charge is 2.45. The number of nitrogens with zero attached hydrogens (tertiary/aromatic N) is 2. The Balaban J connectivity index is 1.89. The number of aliphatic hydroxyl groups excluding tert-OH is 1. The van der Waals surface area contributed by atoms with Crippen LogP contribution in [0.4, 0.5) is 10.5 Å². The molecule has 2 N–H and O–H groups in total. The number of hydrogen-bond donors (Lipinski definition) is 2. The van der Waals surface area contributed by atoms with Crippen molar-refractivity contribution in [2.75, 3.05) is 11.9 Å². The minimum absolute atomic E-state index is 0.0727. The van der Waals surface area contributed by atoms with Crippen molar-refractivity contribution in [3.63, 3.8) is 0 Å². The molecule has 1 aliphatic heterocycles. The van der Waals surface area contributed by atoms with Crippen molar-refractivity contribution >= 4 is 29.0 Å². The molecule has 0 saturated heterocycles. The van der Waals surface area contributed by atoms with Crippen molar-refractivity contribution < 1.29 is 9.90 Å². The third kappa shape index (κ3) is 3.29. The van der Waals surface area contributed by atoms with Gasteiger partial charge in [-0.25, -0.2) is 4.79 Å². The van der Waals surface area contributed by atoms with Crippen LogP contribution in [0, 0.1) is 0 Å². The van der Waals surface area contributed by atoms with Crippen LogP contribution in [0.3, 0.4) is 0 Å². The Morgan fingerprint density at radius 1 is 1.12 bits per heavy atom. The fraction of sp³-hybridized carbons (Fsp3) is 0.222. The van der Waals surface area contributed by atoms with E-state index in [0.717, 1.165) is 11.3 Å². The summed E-state index contributed by atoms with van der Waals surface area (Å²) >= 11 is 1.49. The van der Waals surface area contributed by atoms with Crippen LogP contribution in [0.5, 0.6) is 0 Å². The molecule has 1 unspecified atom stereocenters. The molecule has 2 aromatic rings. The molecule has 2 amide bonds. The molecule has 1 heterocycles. The molecule has 6 heteroatoms. The Morgan fingerprint density at radius 2 is 1.79 bits per heavy atom. The van der Waals surface area contributed by atoms with E-state index in [9.17, 15) is 9.90 Å². The lowest BCUT2D eigenvalue weighted by molar-refractivity contribution is 0.168. The molecule has 1 aliphatic rings. The number of hydrogen-bond acceptors (Lipinski definition) is 4. The number of carbonyl (C=O) groups is 1. The molecule has 0 bridgehead atoms. The van der Waals surface area contributed by atoms with Crippen LogP contribution in [0.15, 0.2) is 65.8 Å². The monoisotopic (exact) mass is 341 g/mol. The lowest BCUT2D eigenvalue weighted by atomic mass is 10.0. The van der Waals surface area contributed by atoms with Crippen molar-refractivity contribution in [3.05, 3.63) is 66.2 Å². The fourth-order valence-corrected chi connectivity index (χ4v) is 3.81. The maximum atomic E-state index is 12.8. The third-order valence-electron chi connectivity index (χ3n) is 3.87. The molecule has 5 nitrogen and oxygen atoms in total. The maximum Gasteiger partial charge on any atom is 0.343 e. The van der Waals surface area contributed by atoms with Crippen molar-refractivity contribution in [2.24, 2.45) is 5.10 Å². The quantitative estimate of drug-likeness (QED) is 0.868. The zero-order valence-corrected chi connectivity index (χ0v) is 13.9. The number of aliphatic hydroxyl groups is 1. The highest BCUT2D eigenvalue weighted by molar-refractivity contribution is 8.13. The van der Waals surface area contributed by atoms with Gasteiger partial charge in [-0.05, 0) is 30.5 Å². The van der Waals surface area contributed by atoms with Gasteiger partial charge in [-0.2, -0.15) is 10.1 Å². The van der Waals surface area contributed by atoms with E-state index in [1.54, 1.807) is 5.55 Å². The molecule has 0 radical (unpaired) electrons. The summed E-state index contributed by atoms with van der Waals surface area (Å²) in [6.45, 7) is 0.0727. The summed E-state index contributed by atoms with van der Waals surface area (Å²) in [5.74, 6) is 0. The summed E-state index contributed by atoms with van der Waals surface area (Å²) in [5, 5.41) is 17.9. The first kappa shape index (κ1) is 16.5. The standard InChI is InChI=1S/C18H19N3O2S/c22-13-7-12-18(15-8-3-1-4-9-15)21(19-14-24-18)17(23)20-16-10-5-2-6-11-16/h1-6,8-11,14,22H,7,12-13H2,(H,20,23). The predicted octanol–water partition coefficient (Wildman–Crippen LogP) is 3.84. The Morgan fingerprint density at radius 3 is 2.46 bits per heavy atom. The van der Waals surface area contributed by atoms with Crippen molar-refractivity contribution in [1.82, 2.24) is 5.01 Å². The lowest BCUT2D eigenvalue weighted by Gasteiger charge is -2.35. The normalized spacial score (nSPS) is 19.5. The fourth-order valence-electron chi connectivity index (χ4n) is 2.73. The number of anilines is 1. The smallest absolute Gasteiger partial charge is 0.343 e. The Labute approximate surface area is 145 Å². The van der Waals surface area contributed by atoms with Gasteiger partial charge in [0, 0.05) is 12.3 Å². The average Bonchev–Trinajstić information content (AvgIpc) is 3.07. The second-order valence-electron chi connectivity index (χ2n) is 5.42. The van der Waals surface area contributed by atoms with Crippen LogP contribution in [0.1, 0.15) is 18.4 Å². The second-order valence-corrected chi connectivity index (χ2v) is 6.55. The maximum absolute atomic E-state index is 12.8. The van der Waals surface area contributed by atoms with Crippen molar-refractivity contribution in [2.45, 2.75) is 17.7 Å². The molecular formula is C18H19N3O2S. The Bertz CT molecular complexity index is 709. The molecule has 124 valence electrons. The minimum Gasteiger partial charge on any atom is -0.396 e. The molecule has 0 spiro atoms. The first-order valence-corrected chi connectivity index (χ1v) is 8.67. The number of amides is 2. The SMILES string of the molecule is O=C(Nc1ccccc1)N1N=CSC1(CCCO)c1ccccc1. The number of nitrogens with one attached hydrogen (secondary N) is 1. The van der Waals surface area contributed by atoms with E-state index in [4.69, 9.17) is 0 Å². The molecule has 2 aromatic carbocycles. The summed E-state index contributed by atoms with van der Waals surface area (Å²) in [6, 6.07) is 18.8. The van der Waals surface area contributed by atoms with Gasteiger partial charge in [0.15, 0.2) is 0 Å². The molecule has 0 fully saturated rings. The van der Waals surface area contributed by atoms with E-state index in [0.29, 0.717) is 12.8 Å². The second kappa shape index (κ2) is 7.51. The number of para-hydroxylation sites is 1. The highest BCUT2D eigenvalue weighted by atomic mass is 32.2. The number of rotatable bonds is 5. The van der Waals surface area contributed by atoms with Gasteiger partial charge in [-0.15, -0.1) is 0 Å². The Kier molecular flexibility index (Phi) is 5.17. The number of urea groups is 1. The molecule has 1 atom stereocenters. The first-order valence-electron chi connectivity index (χ1n) is 7.79. The van der Waals surface area contributed by atoms with Crippen LogP contribution in [0.2, 0.25) is 0 Å². The molecule has 0 saturated carbocycles. The van der Waals surface area contributed by atoms with E-state index in [2.05, 4.69) is 10.4 Å². The van der Waals surface area contributed by atoms with Crippen LogP contribution < -0.4 is 5.32 Å². The van der Waals surface area contributed by atoms with E-state index < -0.39 is 4.87 Å². The van der Waals surface area contributed by atoms with E-state index in [1.807, 2.05) is 60.7 Å². The third-order valence-corrected chi connectivity index (χ3v) is 5.07. The van der Waals surface area contributed by atoms with Crippen molar-refractivity contribution in [1.29, 1.82) is 0 Å². The van der Waals surface area contributed by atoms with Crippen LogP contribution >= 0.6 is 11.8 Å². The first-order chi connectivity index (χ1) is 11.8. The summed E-state index contributed by atoms with van der Waals surface area (Å²) in [6.07, 6.45) is 1.20. The van der Waals surface area contributed by atoms with Gasteiger partial charge in [-0.1, -0.05) is 60.3 Å². The minimum atomic E-state index is -0.636. The largest absolute Gasteiger partial charge is 0.396 e.